The van der Waals surface area contributed by atoms with Crippen molar-refractivity contribution in [2.75, 3.05) is 25.4 Å². The van der Waals surface area contributed by atoms with E-state index in [1.807, 2.05) is 6.92 Å². The highest BCUT2D eigenvalue weighted by atomic mass is 16.3. The Hall–Kier alpha value is -1.62. The molecular formula is C10H15N3O2. The van der Waals surface area contributed by atoms with Gasteiger partial charge in [-0.25, -0.2) is 4.98 Å². The fraction of sp³-hybridized carbons (Fsp3) is 0.400. The van der Waals surface area contributed by atoms with Crippen LogP contribution < -0.4 is 5.73 Å². The lowest BCUT2D eigenvalue weighted by atomic mass is 10.2. The zero-order valence-corrected chi connectivity index (χ0v) is 8.68. The normalized spacial score (nSPS) is 10.0. The summed E-state index contributed by atoms with van der Waals surface area (Å²) in [5, 5.41) is 8.79. The van der Waals surface area contributed by atoms with Crippen LogP contribution in [0.3, 0.4) is 0 Å². The fourth-order valence-electron chi connectivity index (χ4n) is 1.29. The molecule has 0 atom stereocenters. The molecule has 15 heavy (non-hydrogen) atoms. The van der Waals surface area contributed by atoms with E-state index in [4.69, 9.17) is 10.8 Å². The maximum absolute atomic E-state index is 11.9. The van der Waals surface area contributed by atoms with E-state index in [2.05, 4.69) is 4.98 Å². The highest BCUT2D eigenvalue weighted by Gasteiger charge is 2.16. The Morgan fingerprint density at radius 3 is 2.93 bits per heavy atom. The number of aliphatic hydroxyl groups excluding tert-OH is 1. The number of nitrogens with zero attached hydrogens (tertiary/aromatic N) is 2. The van der Waals surface area contributed by atoms with Crippen LogP contribution in [-0.4, -0.2) is 40.6 Å². The molecule has 5 nitrogen and oxygen atoms in total. The number of nitrogens with two attached hydrogens (primary N) is 1. The maximum Gasteiger partial charge on any atom is 0.257 e. The summed E-state index contributed by atoms with van der Waals surface area (Å²) in [6.45, 7) is 2.64. The largest absolute Gasteiger partial charge is 0.395 e. The minimum atomic E-state index is -0.197. The number of carbonyl (C=O) groups excluding carboxylic acids is 1. The molecule has 0 spiro atoms. The summed E-state index contributed by atoms with van der Waals surface area (Å²) in [6, 6.07) is 3.29. The molecule has 1 rings (SSSR count). The van der Waals surface area contributed by atoms with Crippen molar-refractivity contribution >= 4 is 11.7 Å². The summed E-state index contributed by atoms with van der Waals surface area (Å²) < 4.78 is 0. The van der Waals surface area contributed by atoms with Crippen LogP contribution in [-0.2, 0) is 0 Å². The standard InChI is InChI=1S/C10H15N3O2/c1-2-13(6-7-14)10(15)8-4-3-5-12-9(8)11/h3-5,14H,2,6-7H2,1H3,(H2,11,12). The summed E-state index contributed by atoms with van der Waals surface area (Å²) in [5.41, 5.74) is 5.97. The van der Waals surface area contributed by atoms with Crippen LogP contribution in [0.25, 0.3) is 0 Å². The van der Waals surface area contributed by atoms with Crippen molar-refractivity contribution in [3.63, 3.8) is 0 Å². The zero-order chi connectivity index (χ0) is 11.3. The van der Waals surface area contributed by atoms with Gasteiger partial charge in [-0.2, -0.15) is 0 Å². The van der Waals surface area contributed by atoms with Gasteiger partial charge in [0, 0.05) is 19.3 Å². The molecule has 82 valence electrons. The average Bonchev–Trinajstić information content (AvgIpc) is 2.25. The molecule has 0 aliphatic heterocycles. The zero-order valence-electron chi connectivity index (χ0n) is 8.68. The predicted molar refractivity (Wildman–Crippen MR) is 57.3 cm³/mol. The monoisotopic (exact) mass is 209 g/mol. The minimum Gasteiger partial charge on any atom is -0.395 e. The summed E-state index contributed by atoms with van der Waals surface area (Å²) >= 11 is 0. The summed E-state index contributed by atoms with van der Waals surface area (Å²) in [6.07, 6.45) is 1.54. The molecule has 0 unspecified atom stereocenters. The molecule has 0 saturated heterocycles. The summed E-state index contributed by atoms with van der Waals surface area (Å²) in [5.74, 6) is 0.0241. The summed E-state index contributed by atoms with van der Waals surface area (Å²) in [7, 11) is 0. The van der Waals surface area contributed by atoms with E-state index < -0.39 is 0 Å². The van der Waals surface area contributed by atoms with Gasteiger partial charge in [0.1, 0.15) is 5.82 Å². The van der Waals surface area contributed by atoms with Gasteiger partial charge < -0.3 is 15.7 Å². The second kappa shape index (κ2) is 5.31. The molecule has 1 amide bonds. The van der Waals surface area contributed by atoms with E-state index in [0.29, 0.717) is 18.7 Å². The molecule has 1 heterocycles. The van der Waals surface area contributed by atoms with Gasteiger partial charge in [-0.15, -0.1) is 0 Å². The quantitative estimate of drug-likeness (QED) is 0.738. The average molecular weight is 209 g/mol. The fourth-order valence-corrected chi connectivity index (χ4v) is 1.29. The highest BCUT2D eigenvalue weighted by Crippen LogP contribution is 2.10. The number of anilines is 1. The minimum absolute atomic E-state index is 0.0558. The molecule has 0 bridgehead atoms. The van der Waals surface area contributed by atoms with E-state index in [9.17, 15) is 4.79 Å². The maximum atomic E-state index is 11.9. The van der Waals surface area contributed by atoms with Gasteiger partial charge in [0.2, 0.25) is 0 Å². The van der Waals surface area contributed by atoms with Crippen molar-refractivity contribution in [1.29, 1.82) is 0 Å². The number of carbonyl (C=O) groups is 1. The van der Waals surface area contributed by atoms with Crippen molar-refractivity contribution in [2.24, 2.45) is 0 Å². The molecule has 1 aromatic heterocycles. The topological polar surface area (TPSA) is 79.5 Å². The van der Waals surface area contributed by atoms with Crippen LogP contribution in [0.5, 0.6) is 0 Å². The number of amides is 1. The highest BCUT2D eigenvalue weighted by molar-refractivity contribution is 5.98. The predicted octanol–water partition coefficient (Wildman–Crippen LogP) is 0.118. The van der Waals surface area contributed by atoms with Crippen LogP contribution in [0, 0.1) is 0 Å². The van der Waals surface area contributed by atoms with Crippen LogP contribution in [0.4, 0.5) is 5.82 Å². The van der Waals surface area contributed by atoms with Crippen molar-refractivity contribution < 1.29 is 9.90 Å². The third kappa shape index (κ3) is 2.66. The molecule has 0 fully saturated rings. The van der Waals surface area contributed by atoms with E-state index in [1.54, 1.807) is 12.1 Å². The lowest BCUT2D eigenvalue weighted by Crippen LogP contribution is -2.33. The van der Waals surface area contributed by atoms with Gasteiger partial charge in [0.15, 0.2) is 0 Å². The van der Waals surface area contributed by atoms with E-state index in [0.717, 1.165) is 0 Å². The Bertz CT molecular complexity index is 341. The lowest BCUT2D eigenvalue weighted by Gasteiger charge is -2.19. The third-order valence-corrected chi connectivity index (χ3v) is 2.11. The Morgan fingerprint density at radius 1 is 1.67 bits per heavy atom. The lowest BCUT2D eigenvalue weighted by molar-refractivity contribution is 0.0732. The Balaban J connectivity index is 2.88. The van der Waals surface area contributed by atoms with Crippen molar-refractivity contribution in [3.05, 3.63) is 23.9 Å². The summed E-state index contributed by atoms with van der Waals surface area (Å²) in [4.78, 5) is 17.2. The Labute approximate surface area is 88.5 Å². The second-order valence-electron chi connectivity index (χ2n) is 3.04. The molecule has 0 aliphatic rings. The van der Waals surface area contributed by atoms with Crippen LogP contribution in [0.15, 0.2) is 18.3 Å². The van der Waals surface area contributed by atoms with Crippen molar-refractivity contribution in [2.45, 2.75) is 6.92 Å². The molecule has 1 aromatic rings. The second-order valence-corrected chi connectivity index (χ2v) is 3.04. The molecular weight excluding hydrogens is 194 g/mol. The molecule has 0 radical (unpaired) electrons. The number of hydrogen-bond donors (Lipinski definition) is 2. The SMILES string of the molecule is CCN(CCO)C(=O)c1cccnc1N. The van der Waals surface area contributed by atoms with E-state index in [1.165, 1.54) is 11.1 Å². The van der Waals surface area contributed by atoms with Crippen LogP contribution >= 0.6 is 0 Å². The first-order valence-electron chi connectivity index (χ1n) is 4.81. The number of aromatic nitrogens is 1. The van der Waals surface area contributed by atoms with Crippen molar-refractivity contribution in [1.82, 2.24) is 9.88 Å². The first-order valence-corrected chi connectivity index (χ1v) is 4.81. The first kappa shape index (κ1) is 11.5. The van der Waals surface area contributed by atoms with E-state index >= 15 is 0 Å². The van der Waals surface area contributed by atoms with Gasteiger partial charge in [-0.05, 0) is 19.1 Å². The number of hydrogen-bond acceptors (Lipinski definition) is 4. The number of aliphatic hydroxyl groups is 1. The number of pyridine rings is 1. The van der Waals surface area contributed by atoms with Gasteiger partial charge in [0.05, 0.1) is 12.2 Å². The van der Waals surface area contributed by atoms with Crippen LogP contribution in [0.2, 0.25) is 0 Å². The Morgan fingerprint density at radius 2 is 2.40 bits per heavy atom. The number of nitrogen functional groups attached to an aromatic ring is 1. The third-order valence-electron chi connectivity index (χ3n) is 2.11. The Kier molecular flexibility index (Phi) is 4.05. The molecule has 0 aromatic carbocycles. The molecule has 0 saturated carbocycles. The van der Waals surface area contributed by atoms with Gasteiger partial charge >= 0.3 is 0 Å². The van der Waals surface area contributed by atoms with Gasteiger partial charge in [-0.1, -0.05) is 0 Å². The molecule has 5 heteroatoms. The van der Waals surface area contributed by atoms with Gasteiger partial charge in [-0.3, -0.25) is 4.79 Å². The first-order chi connectivity index (χ1) is 7.20. The number of likely N-dealkylation sites (N-methyl/N-ethyl adjacent to an activating group) is 1. The van der Waals surface area contributed by atoms with E-state index in [-0.39, 0.29) is 18.3 Å². The smallest absolute Gasteiger partial charge is 0.257 e. The molecule has 0 aliphatic carbocycles. The van der Waals surface area contributed by atoms with Crippen molar-refractivity contribution in [3.8, 4) is 0 Å². The van der Waals surface area contributed by atoms with Crippen LogP contribution in [0.1, 0.15) is 17.3 Å². The van der Waals surface area contributed by atoms with Gasteiger partial charge in [0.25, 0.3) is 5.91 Å². The molecule has 3 N–H and O–H groups in total. The number of rotatable bonds is 4.